The van der Waals surface area contributed by atoms with Gasteiger partial charge in [-0.05, 0) is 12.1 Å². The molecule has 0 radical (unpaired) electrons. The maximum Gasteiger partial charge on any atom is 0.260 e. The van der Waals surface area contributed by atoms with Gasteiger partial charge in [0, 0.05) is 39.3 Å². The highest BCUT2D eigenvalue weighted by atomic mass is 16.5. The van der Waals surface area contributed by atoms with Crippen LogP contribution in [0.3, 0.4) is 0 Å². The predicted octanol–water partition coefficient (Wildman–Crippen LogP) is 0.115. The van der Waals surface area contributed by atoms with Crippen LogP contribution in [0.15, 0.2) is 30.3 Å². The average molecular weight is 347 g/mol. The Labute approximate surface area is 147 Å². The van der Waals surface area contributed by atoms with E-state index in [1.807, 2.05) is 35.2 Å². The van der Waals surface area contributed by atoms with E-state index in [0.717, 1.165) is 13.1 Å². The molecule has 0 aliphatic carbocycles. The number of benzene rings is 1. The van der Waals surface area contributed by atoms with Gasteiger partial charge in [0.15, 0.2) is 6.61 Å². The topological polar surface area (TPSA) is 71.1 Å². The molecule has 7 nitrogen and oxygen atoms in total. The largest absolute Gasteiger partial charge is 0.484 e. The average Bonchev–Trinajstić information content (AvgIpc) is 2.68. The van der Waals surface area contributed by atoms with Crippen molar-refractivity contribution in [3.63, 3.8) is 0 Å². The fraction of sp³-hybridized carbons (Fsp3) is 0.556. The van der Waals surface area contributed by atoms with E-state index in [0.29, 0.717) is 45.0 Å². The smallest absolute Gasteiger partial charge is 0.260 e. The van der Waals surface area contributed by atoms with Crippen molar-refractivity contribution in [1.82, 2.24) is 15.1 Å². The van der Waals surface area contributed by atoms with Gasteiger partial charge in [0.2, 0.25) is 5.91 Å². The number of carbonyl (C=O) groups excluding carboxylic acids is 2. The number of morpholine rings is 1. The first kappa shape index (κ1) is 17.7. The Morgan fingerprint density at radius 3 is 2.40 bits per heavy atom. The summed E-state index contributed by atoms with van der Waals surface area (Å²) in [5, 5.41) is 3.23. The van der Waals surface area contributed by atoms with E-state index < -0.39 is 0 Å². The Morgan fingerprint density at radius 1 is 1.08 bits per heavy atom. The number of ether oxygens (including phenoxy) is 2. The van der Waals surface area contributed by atoms with Crippen LogP contribution in [-0.4, -0.2) is 80.2 Å². The second-order valence-electron chi connectivity index (χ2n) is 6.26. The van der Waals surface area contributed by atoms with Crippen LogP contribution in [0.5, 0.6) is 5.75 Å². The first-order valence-corrected chi connectivity index (χ1v) is 8.78. The van der Waals surface area contributed by atoms with Gasteiger partial charge in [-0.25, -0.2) is 0 Å². The maximum atomic E-state index is 12.3. The molecule has 0 bridgehead atoms. The molecule has 1 atom stereocenters. The first-order chi connectivity index (χ1) is 12.2. The molecule has 7 heteroatoms. The highest BCUT2D eigenvalue weighted by molar-refractivity contribution is 5.79. The molecule has 0 aromatic heterocycles. The molecule has 2 heterocycles. The zero-order valence-corrected chi connectivity index (χ0v) is 14.4. The number of piperazine rings is 1. The third kappa shape index (κ3) is 5.17. The lowest BCUT2D eigenvalue weighted by Crippen LogP contribution is -2.52. The fourth-order valence-corrected chi connectivity index (χ4v) is 3.03. The lowest BCUT2D eigenvalue weighted by Gasteiger charge is -2.35. The number of hydrogen-bond donors (Lipinski definition) is 1. The lowest BCUT2D eigenvalue weighted by atomic mass is 10.2. The van der Waals surface area contributed by atoms with Crippen molar-refractivity contribution in [1.29, 1.82) is 0 Å². The van der Waals surface area contributed by atoms with Crippen LogP contribution in [0, 0.1) is 0 Å². The zero-order chi connectivity index (χ0) is 17.5. The van der Waals surface area contributed by atoms with Crippen LogP contribution in [0.2, 0.25) is 0 Å². The Bertz CT molecular complexity index is 567. The van der Waals surface area contributed by atoms with Gasteiger partial charge < -0.3 is 24.6 Å². The summed E-state index contributed by atoms with van der Waals surface area (Å²) in [5.41, 5.74) is 0. The van der Waals surface area contributed by atoms with Crippen molar-refractivity contribution in [2.45, 2.75) is 12.5 Å². The van der Waals surface area contributed by atoms with Gasteiger partial charge in [0.25, 0.3) is 5.91 Å². The number of nitrogens with one attached hydrogen (secondary N) is 1. The second kappa shape index (κ2) is 8.82. The molecule has 25 heavy (non-hydrogen) atoms. The van der Waals surface area contributed by atoms with E-state index in [-0.39, 0.29) is 24.5 Å². The van der Waals surface area contributed by atoms with E-state index in [4.69, 9.17) is 9.47 Å². The number of nitrogens with zero attached hydrogens (tertiary/aromatic N) is 2. The second-order valence-corrected chi connectivity index (χ2v) is 6.26. The van der Waals surface area contributed by atoms with Crippen LogP contribution in [0.4, 0.5) is 0 Å². The molecule has 2 aliphatic heterocycles. The van der Waals surface area contributed by atoms with E-state index >= 15 is 0 Å². The van der Waals surface area contributed by atoms with Gasteiger partial charge in [-0.3, -0.25) is 9.59 Å². The van der Waals surface area contributed by atoms with Gasteiger partial charge in [0.1, 0.15) is 5.75 Å². The molecule has 1 unspecified atom stereocenters. The van der Waals surface area contributed by atoms with E-state index in [9.17, 15) is 9.59 Å². The lowest BCUT2D eigenvalue weighted by molar-refractivity contribution is -0.142. The standard InChI is InChI=1S/C18H25N3O4/c22-17(12-16-13-19-6-11-24-16)20-7-9-21(10-8-20)18(23)14-25-15-4-2-1-3-5-15/h1-5,16,19H,6-14H2. The number of hydrogen-bond acceptors (Lipinski definition) is 5. The van der Waals surface area contributed by atoms with E-state index in [2.05, 4.69) is 5.32 Å². The summed E-state index contributed by atoms with van der Waals surface area (Å²) in [5.74, 6) is 0.739. The molecule has 2 aliphatic rings. The maximum absolute atomic E-state index is 12.3. The Morgan fingerprint density at radius 2 is 1.76 bits per heavy atom. The van der Waals surface area contributed by atoms with Crippen molar-refractivity contribution < 1.29 is 19.1 Å². The number of rotatable bonds is 5. The van der Waals surface area contributed by atoms with E-state index in [1.165, 1.54) is 0 Å². The Hall–Kier alpha value is -2.12. The Kier molecular flexibility index (Phi) is 6.25. The molecule has 0 spiro atoms. The van der Waals surface area contributed by atoms with Crippen molar-refractivity contribution in [2.75, 3.05) is 52.5 Å². The molecular formula is C18H25N3O4. The summed E-state index contributed by atoms with van der Waals surface area (Å²) in [6, 6.07) is 9.29. The van der Waals surface area contributed by atoms with Crippen LogP contribution >= 0.6 is 0 Å². The summed E-state index contributed by atoms with van der Waals surface area (Å²) in [7, 11) is 0. The molecular weight excluding hydrogens is 322 g/mol. The molecule has 2 fully saturated rings. The van der Waals surface area contributed by atoms with Crippen molar-refractivity contribution in [3.8, 4) is 5.75 Å². The minimum absolute atomic E-state index is 0.0273. The highest BCUT2D eigenvalue weighted by Gasteiger charge is 2.26. The minimum atomic E-state index is -0.0456. The zero-order valence-electron chi connectivity index (χ0n) is 14.4. The normalized spacial score (nSPS) is 21.0. The Balaban J connectivity index is 1.38. The number of amides is 2. The quantitative estimate of drug-likeness (QED) is 0.819. The number of carbonyl (C=O) groups is 2. The molecule has 2 saturated heterocycles. The summed E-state index contributed by atoms with van der Waals surface area (Å²) in [6.45, 7) is 4.48. The molecule has 136 valence electrons. The van der Waals surface area contributed by atoms with Crippen LogP contribution in [0.25, 0.3) is 0 Å². The molecule has 0 saturated carbocycles. The molecule has 2 amide bonds. The SMILES string of the molecule is O=C(COc1ccccc1)N1CCN(C(=O)CC2CNCCO2)CC1. The monoisotopic (exact) mass is 347 g/mol. The van der Waals surface area contributed by atoms with Crippen molar-refractivity contribution in [3.05, 3.63) is 30.3 Å². The molecule has 1 aromatic rings. The molecule has 1 aromatic carbocycles. The first-order valence-electron chi connectivity index (χ1n) is 8.78. The van der Waals surface area contributed by atoms with Crippen LogP contribution < -0.4 is 10.1 Å². The molecule has 3 rings (SSSR count). The molecule has 1 N–H and O–H groups in total. The third-order valence-corrected chi connectivity index (χ3v) is 4.50. The number of para-hydroxylation sites is 1. The van der Waals surface area contributed by atoms with Crippen LogP contribution in [-0.2, 0) is 14.3 Å². The van der Waals surface area contributed by atoms with Gasteiger partial charge in [-0.1, -0.05) is 18.2 Å². The summed E-state index contributed by atoms with van der Waals surface area (Å²) in [6.07, 6.45) is 0.359. The van der Waals surface area contributed by atoms with Gasteiger partial charge in [-0.2, -0.15) is 0 Å². The summed E-state index contributed by atoms with van der Waals surface area (Å²) < 4.78 is 11.1. The van der Waals surface area contributed by atoms with Gasteiger partial charge in [-0.15, -0.1) is 0 Å². The third-order valence-electron chi connectivity index (χ3n) is 4.50. The van der Waals surface area contributed by atoms with Crippen LogP contribution in [0.1, 0.15) is 6.42 Å². The summed E-state index contributed by atoms with van der Waals surface area (Å²) >= 11 is 0. The predicted molar refractivity (Wildman–Crippen MR) is 92.3 cm³/mol. The summed E-state index contributed by atoms with van der Waals surface area (Å²) in [4.78, 5) is 28.2. The fourth-order valence-electron chi connectivity index (χ4n) is 3.03. The van der Waals surface area contributed by atoms with Gasteiger partial charge >= 0.3 is 0 Å². The minimum Gasteiger partial charge on any atom is -0.484 e. The van der Waals surface area contributed by atoms with Crippen molar-refractivity contribution >= 4 is 11.8 Å². The highest BCUT2D eigenvalue weighted by Crippen LogP contribution is 2.11. The van der Waals surface area contributed by atoms with Gasteiger partial charge in [0.05, 0.1) is 19.1 Å². The van der Waals surface area contributed by atoms with Crippen molar-refractivity contribution in [2.24, 2.45) is 0 Å². The van der Waals surface area contributed by atoms with E-state index in [1.54, 1.807) is 4.90 Å².